The fraction of sp³-hybridized carbons (Fsp3) is 0.368. The molecule has 0 radical (unpaired) electrons. The Labute approximate surface area is 176 Å². The number of pyridine rings is 1. The van der Waals surface area contributed by atoms with Crippen LogP contribution in [-0.4, -0.2) is 47.3 Å². The molecule has 1 amide bonds. The summed E-state index contributed by atoms with van der Waals surface area (Å²) < 4.78 is 9.29. The van der Waals surface area contributed by atoms with E-state index in [0.29, 0.717) is 26.2 Å². The van der Waals surface area contributed by atoms with Crippen LogP contribution in [0.3, 0.4) is 0 Å². The highest BCUT2D eigenvalue weighted by Gasteiger charge is 2.33. The number of hydrogen-bond donors (Lipinski definition) is 0. The van der Waals surface area contributed by atoms with Gasteiger partial charge in [-0.15, -0.1) is 0 Å². The van der Waals surface area contributed by atoms with E-state index in [4.69, 9.17) is 18.0 Å². The summed E-state index contributed by atoms with van der Waals surface area (Å²) in [6.07, 6.45) is 3.04. The molecule has 26 heavy (non-hydrogen) atoms. The lowest BCUT2D eigenvalue weighted by molar-refractivity contribution is -0.119. The number of fused-ring (bicyclic) bond motifs is 2. The molecule has 1 aliphatic carbocycles. The van der Waals surface area contributed by atoms with E-state index < -0.39 is 6.39 Å². The van der Waals surface area contributed by atoms with Gasteiger partial charge in [-0.3, -0.25) is 14.7 Å². The third kappa shape index (κ3) is 3.33. The van der Waals surface area contributed by atoms with Crippen molar-refractivity contribution in [2.75, 3.05) is 26.2 Å². The van der Waals surface area contributed by atoms with Crippen LogP contribution in [0.1, 0.15) is 29.8 Å². The monoisotopic (exact) mass is 499 g/mol. The summed E-state index contributed by atoms with van der Waals surface area (Å²) in [5.41, 5.74) is 4.73. The van der Waals surface area contributed by atoms with Gasteiger partial charge in [0.25, 0.3) is 0 Å². The Morgan fingerprint density at radius 2 is 2.00 bits per heavy atom. The van der Waals surface area contributed by atoms with Gasteiger partial charge in [-0.25, -0.2) is 0 Å². The zero-order chi connectivity index (χ0) is 19.1. The average Bonchev–Trinajstić information content (AvgIpc) is 2.81. The van der Waals surface area contributed by atoms with Crippen molar-refractivity contribution in [3.8, 4) is 0 Å². The molecule has 136 valence electrons. The molecule has 0 spiro atoms. The van der Waals surface area contributed by atoms with Crippen molar-refractivity contribution < 1.29 is 6.17 Å². The van der Waals surface area contributed by atoms with Gasteiger partial charge >= 0.3 is 0 Å². The standard InChI is InChI=1S/C19H18Br2ClN3O/c20-13-9-12-1-2-14-15(3-4-16(22)17(14)21)19(18(12)23-10-13)25-7-5-24(11-26)6-8-25/h3-4,9-11,19H,1-2,5-8H2/t19-/m0/s1/i11T. The second kappa shape index (κ2) is 7.58. The predicted octanol–water partition coefficient (Wildman–Crippen LogP) is 4.22. The number of carbonyl (C=O) groups is 1. The van der Waals surface area contributed by atoms with Crippen LogP contribution in [0, 0.1) is 0 Å². The molecule has 4 nitrogen and oxygen atoms in total. The fourth-order valence-corrected chi connectivity index (χ4v) is 5.02. The Kier molecular flexibility index (Phi) is 5.01. The molecule has 1 aromatic carbocycles. The molecule has 0 unspecified atom stereocenters. The van der Waals surface area contributed by atoms with E-state index in [-0.39, 0.29) is 6.04 Å². The second-order valence-electron chi connectivity index (χ2n) is 6.64. The normalized spacial score (nSPS) is 20.8. The molecule has 1 aliphatic heterocycles. The van der Waals surface area contributed by atoms with Crippen molar-refractivity contribution >= 4 is 49.8 Å². The van der Waals surface area contributed by atoms with Gasteiger partial charge in [-0.2, -0.15) is 0 Å². The number of nitrogens with zero attached hydrogens (tertiary/aromatic N) is 3. The first-order chi connectivity index (χ1) is 13.0. The minimum absolute atomic E-state index is 0.0159. The van der Waals surface area contributed by atoms with Crippen molar-refractivity contribution in [2.24, 2.45) is 0 Å². The van der Waals surface area contributed by atoms with Crippen LogP contribution in [0.25, 0.3) is 0 Å². The molecule has 2 aliphatic rings. The first-order valence-electron chi connectivity index (χ1n) is 9.06. The Hall–Kier alpha value is -0.950. The van der Waals surface area contributed by atoms with E-state index in [1.807, 2.05) is 12.3 Å². The molecule has 0 N–H and O–H groups in total. The lowest BCUT2D eigenvalue weighted by Gasteiger charge is -2.38. The predicted molar refractivity (Wildman–Crippen MR) is 110 cm³/mol. The molecule has 2 heterocycles. The first kappa shape index (κ1) is 17.2. The van der Waals surface area contributed by atoms with Gasteiger partial charge in [-0.05, 0) is 73.5 Å². The quantitative estimate of drug-likeness (QED) is 0.549. The van der Waals surface area contributed by atoms with E-state index in [1.54, 1.807) is 4.90 Å². The van der Waals surface area contributed by atoms with Gasteiger partial charge in [0, 0.05) is 41.3 Å². The maximum Gasteiger partial charge on any atom is 0.209 e. The summed E-state index contributed by atoms with van der Waals surface area (Å²) in [4.78, 5) is 20.1. The molecule has 1 fully saturated rings. The summed E-state index contributed by atoms with van der Waals surface area (Å²) in [5.74, 6) is 0. The van der Waals surface area contributed by atoms with Crippen LogP contribution in [0.5, 0.6) is 0 Å². The molecule has 0 bridgehead atoms. The number of aryl methyl sites for hydroxylation is 1. The maximum atomic E-state index is 11.4. The van der Waals surface area contributed by atoms with Crippen LogP contribution in [0.4, 0.5) is 0 Å². The number of rotatable bonds is 1. The van der Waals surface area contributed by atoms with Crippen LogP contribution in [0.2, 0.25) is 5.02 Å². The zero-order valence-electron chi connectivity index (χ0n) is 15.0. The van der Waals surface area contributed by atoms with Gasteiger partial charge in [0.2, 0.25) is 6.39 Å². The lowest BCUT2D eigenvalue weighted by atomic mass is 9.96. The molecule has 2 aromatic rings. The summed E-state index contributed by atoms with van der Waals surface area (Å²) >= 11 is 13.6. The minimum atomic E-state index is -0.604. The van der Waals surface area contributed by atoms with Gasteiger partial charge in [0.15, 0.2) is 0 Å². The van der Waals surface area contributed by atoms with E-state index in [1.165, 1.54) is 16.7 Å². The summed E-state index contributed by atoms with van der Waals surface area (Å²) in [6.45, 7) is 2.56. The van der Waals surface area contributed by atoms with E-state index >= 15 is 0 Å². The molecule has 7 heteroatoms. The third-order valence-electron chi connectivity index (χ3n) is 5.21. The van der Waals surface area contributed by atoms with Crippen LogP contribution >= 0.6 is 43.5 Å². The Morgan fingerprint density at radius 3 is 2.73 bits per heavy atom. The molecule has 4 rings (SSSR count). The van der Waals surface area contributed by atoms with Crippen molar-refractivity contribution in [1.82, 2.24) is 14.8 Å². The van der Waals surface area contributed by atoms with Crippen LogP contribution in [0.15, 0.2) is 33.3 Å². The number of aromatic nitrogens is 1. The number of carbonyl (C=O) groups excluding carboxylic acids is 1. The average molecular weight is 502 g/mol. The highest BCUT2D eigenvalue weighted by molar-refractivity contribution is 9.10. The summed E-state index contributed by atoms with van der Waals surface area (Å²) in [6, 6.07) is 6.21. The Balaban J connectivity index is 1.79. The van der Waals surface area contributed by atoms with Gasteiger partial charge in [-0.1, -0.05) is 17.7 Å². The van der Waals surface area contributed by atoms with E-state index in [9.17, 15) is 4.79 Å². The van der Waals surface area contributed by atoms with Crippen LogP contribution < -0.4 is 0 Å². The number of hydrogen-bond acceptors (Lipinski definition) is 3. The SMILES string of the molecule is [3H]C(=O)N1CCN([C@H]2c3ccc(Cl)c(Br)c3CCc3cc(Br)cnc32)CC1. The molecule has 0 saturated carbocycles. The van der Waals surface area contributed by atoms with Gasteiger partial charge in [0.1, 0.15) is 1.37 Å². The largest absolute Gasteiger partial charge is 0.343 e. The van der Waals surface area contributed by atoms with Crippen molar-refractivity contribution in [2.45, 2.75) is 18.9 Å². The highest BCUT2D eigenvalue weighted by Crippen LogP contribution is 2.41. The van der Waals surface area contributed by atoms with Crippen molar-refractivity contribution in [3.63, 3.8) is 0 Å². The summed E-state index contributed by atoms with van der Waals surface area (Å²) in [5, 5.41) is 0.720. The Morgan fingerprint density at radius 1 is 1.23 bits per heavy atom. The molecule has 1 saturated heterocycles. The topological polar surface area (TPSA) is 36.4 Å². The number of amides is 1. The number of halogens is 3. The van der Waals surface area contributed by atoms with Gasteiger partial charge < -0.3 is 4.90 Å². The first-order valence-corrected chi connectivity index (χ1v) is 10.5. The van der Waals surface area contributed by atoms with Crippen LogP contribution in [-0.2, 0) is 17.6 Å². The number of benzene rings is 1. The highest BCUT2D eigenvalue weighted by atomic mass is 79.9. The molecular weight excluding hydrogens is 481 g/mol. The van der Waals surface area contributed by atoms with Gasteiger partial charge in [0.05, 0.1) is 16.8 Å². The molecule has 1 aromatic heterocycles. The maximum absolute atomic E-state index is 11.4. The lowest BCUT2D eigenvalue weighted by Crippen LogP contribution is -2.47. The third-order valence-corrected chi connectivity index (χ3v) is 7.09. The Bertz CT molecular complexity index is 903. The number of piperazine rings is 1. The summed E-state index contributed by atoms with van der Waals surface area (Å²) in [7, 11) is 0. The zero-order valence-corrected chi connectivity index (χ0v) is 17.9. The smallest absolute Gasteiger partial charge is 0.209 e. The second-order valence-corrected chi connectivity index (χ2v) is 8.76. The molecule has 1 atom stereocenters. The van der Waals surface area contributed by atoms with E-state index in [2.05, 4.69) is 48.9 Å². The minimum Gasteiger partial charge on any atom is -0.343 e. The van der Waals surface area contributed by atoms with Crippen molar-refractivity contribution in [3.05, 3.63) is 60.7 Å². The molecular formula is C19H18Br2ClN3O. The van der Waals surface area contributed by atoms with E-state index in [0.717, 1.165) is 32.5 Å². The van der Waals surface area contributed by atoms with Crippen molar-refractivity contribution in [1.29, 1.82) is 0 Å². The fourth-order valence-electron chi connectivity index (χ4n) is 3.90.